The second-order valence-electron chi connectivity index (χ2n) is 8.58. The van der Waals surface area contributed by atoms with Crippen LogP contribution in [0.3, 0.4) is 0 Å². The number of carbonyl (C=O) groups excluding carboxylic acids is 1. The lowest BCUT2D eigenvalue weighted by molar-refractivity contribution is 0.0933. The number of benzene rings is 2. The third-order valence-electron chi connectivity index (χ3n) is 6.37. The molecule has 2 heterocycles. The van der Waals surface area contributed by atoms with Crippen molar-refractivity contribution in [1.82, 2.24) is 14.9 Å². The maximum absolute atomic E-state index is 14.3. The number of anilines is 2. The van der Waals surface area contributed by atoms with Gasteiger partial charge < -0.3 is 24.7 Å². The quantitative estimate of drug-likeness (QED) is 0.534. The van der Waals surface area contributed by atoms with E-state index in [1.807, 2.05) is 0 Å². The highest BCUT2D eigenvalue weighted by molar-refractivity contribution is 6.33. The van der Waals surface area contributed by atoms with E-state index < -0.39 is 5.82 Å². The van der Waals surface area contributed by atoms with E-state index in [-0.39, 0.29) is 16.6 Å². The molecule has 1 aliphatic heterocycles. The summed E-state index contributed by atoms with van der Waals surface area (Å²) in [6, 6.07) is 6.17. The first kappa shape index (κ1) is 21.8. The van der Waals surface area contributed by atoms with Crippen LogP contribution in [0.2, 0.25) is 5.02 Å². The van der Waals surface area contributed by atoms with Crippen molar-refractivity contribution < 1.29 is 18.7 Å². The van der Waals surface area contributed by atoms with Gasteiger partial charge in [-0.1, -0.05) is 36.9 Å². The Morgan fingerprint density at radius 3 is 2.73 bits per heavy atom. The Kier molecular flexibility index (Phi) is 6.01. The topological polar surface area (TPSA) is 77.4 Å². The van der Waals surface area contributed by atoms with Gasteiger partial charge >= 0.3 is 0 Å². The predicted molar refractivity (Wildman–Crippen MR) is 125 cm³/mol. The first-order valence-corrected chi connectivity index (χ1v) is 11.7. The van der Waals surface area contributed by atoms with Crippen LogP contribution >= 0.6 is 11.6 Å². The van der Waals surface area contributed by atoms with E-state index in [1.54, 1.807) is 23.7 Å². The molecule has 0 unspecified atom stereocenters. The molecule has 9 heteroatoms. The van der Waals surface area contributed by atoms with E-state index in [0.717, 1.165) is 12.8 Å². The fourth-order valence-electron chi connectivity index (χ4n) is 4.62. The van der Waals surface area contributed by atoms with Gasteiger partial charge in [-0.15, -0.1) is 0 Å². The lowest BCUT2D eigenvalue weighted by atomic mass is 9.89. The minimum atomic E-state index is -0.487. The van der Waals surface area contributed by atoms with Crippen LogP contribution in [-0.4, -0.2) is 35.2 Å². The molecule has 2 N–H and O–H groups in total. The summed E-state index contributed by atoms with van der Waals surface area (Å²) in [6.07, 6.45) is 5.99. The number of nitrogens with zero attached hydrogens (tertiary/aromatic N) is 2. The summed E-state index contributed by atoms with van der Waals surface area (Å²) in [5, 5.41) is 6.28. The summed E-state index contributed by atoms with van der Waals surface area (Å²) in [5.74, 6) is 1.06. The van der Waals surface area contributed by atoms with Crippen molar-refractivity contribution in [2.45, 2.75) is 32.1 Å². The van der Waals surface area contributed by atoms with Gasteiger partial charge in [-0.2, -0.15) is 0 Å². The molecule has 33 heavy (non-hydrogen) atoms. The van der Waals surface area contributed by atoms with Crippen molar-refractivity contribution in [2.24, 2.45) is 13.0 Å². The standard InChI is InChI=1S/C24H26ClFN4O3/c1-30-20-18(28-24(30)29-19-16(25)8-5-9-17(19)26)12-15(21-22(20)33-11-10-32-21)23(31)27-13-14-6-3-2-4-7-14/h5,8-9,12,14H,2-4,6-7,10-11,13H2,1H3,(H,27,31)(H,28,29). The van der Waals surface area contributed by atoms with Gasteiger partial charge in [-0.3, -0.25) is 4.79 Å². The van der Waals surface area contributed by atoms with Gasteiger partial charge in [0.05, 0.1) is 21.8 Å². The number of imidazole rings is 1. The number of para-hydroxylation sites is 1. The average Bonchev–Trinajstić information content (AvgIpc) is 3.15. The summed E-state index contributed by atoms with van der Waals surface area (Å²) >= 11 is 6.17. The molecule has 0 radical (unpaired) electrons. The molecule has 1 amide bonds. The zero-order valence-electron chi connectivity index (χ0n) is 18.4. The molecule has 1 fully saturated rings. The number of ether oxygens (including phenoxy) is 2. The lowest BCUT2D eigenvalue weighted by Gasteiger charge is -2.24. The lowest BCUT2D eigenvalue weighted by Crippen LogP contribution is -2.31. The molecule has 0 spiro atoms. The van der Waals surface area contributed by atoms with Gasteiger partial charge in [0.25, 0.3) is 5.91 Å². The van der Waals surface area contributed by atoms with Crippen LogP contribution in [0, 0.1) is 11.7 Å². The molecule has 2 aliphatic rings. The first-order valence-electron chi connectivity index (χ1n) is 11.3. The van der Waals surface area contributed by atoms with Crippen molar-refractivity contribution in [2.75, 3.05) is 25.1 Å². The smallest absolute Gasteiger partial charge is 0.255 e. The fraction of sp³-hybridized carbons (Fsp3) is 0.417. The van der Waals surface area contributed by atoms with Gasteiger partial charge in [-0.05, 0) is 37.0 Å². The molecular formula is C24H26ClFN4O3. The fourth-order valence-corrected chi connectivity index (χ4v) is 4.83. The van der Waals surface area contributed by atoms with Gasteiger partial charge in [0.15, 0.2) is 11.5 Å². The minimum Gasteiger partial charge on any atom is -0.485 e. The maximum Gasteiger partial charge on any atom is 0.255 e. The summed E-state index contributed by atoms with van der Waals surface area (Å²) < 4.78 is 27.9. The summed E-state index contributed by atoms with van der Waals surface area (Å²) in [7, 11) is 1.79. The monoisotopic (exact) mass is 472 g/mol. The second kappa shape index (κ2) is 9.09. The molecule has 1 aliphatic carbocycles. The number of hydrogen-bond donors (Lipinski definition) is 2. The molecule has 1 aromatic heterocycles. The number of halogens is 2. The van der Waals surface area contributed by atoms with Crippen LogP contribution in [-0.2, 0) is 7.05 Å². The van der Waals surface area contributed by atoms with Crippen LogP contribution < -0.4 is 20.1 Å². The summed E-state index contributed by atoms with van der Waals surface area (Å²) in [4.78, 5) is 17.7. The Hall–Kier alpha value is -3.00. The number of hydrogen-bond acceptors (Lipinski definition) is 5. The Morgan fingerprint density at radius 2 is 1.97 bits per heavy atom. The zero-order valence-corrected chi connectivity index (χ0v) is 19.2. The van der Waals surface area contributed by atoms with Crippen LogP contribution in [0.25, 0.3) is 11.0 Å². The number of amides is 1. The van der Waals surface area contributed by atoms with E-state index in [9.17, 15) is 9.18 Å². The van der Waals surface area contributed by atoms with Crippen LogP contribution in [0.5, 0.6) is 11.5 Å². The molecule has 0 bridgehead atoms. The van der Waals surface area contributed by atoms with Crippen LogP contribution in [0.4, 0.5) is 16.0 Å². The highest BCUT2D eigenvalue weighted by atomic mass is 35.5. The second-order valence-corrected chi connectivity index (χ2v) is 8.98. The SMILES string of the molecule is Cn1c(Nc2c(F)cccc2Cl)nc2cc(C(=O)NCC3CCCCC3)c3c(c21)OCCO3. The van der Waals surface area contributed by atoms with Crippen molar-refractivity contribution >= 4 is 40.2 Å². The highest BCUT2D eigenvalue weighted by Gasteiger charge is 2.28. The van der Waals surface area contributed by atoms with Crippen molar-refractivity contribution in [3.05, 3.63) is 40.7 Å². The number of rotatable bonds is 5. The van der Waals surface area contributed by atoms with E-state index in [1.165, 1.54) is 31.4 Å². The average molecular weight is 473 g/mol. The van der Waals surface area contributed by atoms with E-state index in [2.05, 4.69) is 15.6 Å². The third-order valence-corrected chi connectivity index (χ3v) is 6.68. The van der Waals surface area contributed by atoms with Gasteiger partial charge in [0.2, 0.25) is 5.95 Å². The number of nitrogens with one attached hydrogen (secondary N) is 2. The largest absolute Gasteiger partial charge is 0.485 e. The molecule has 1 saturated carbocycles. The molecule has 0 saturated heterocycles. The molecule has 7 nitrogen and oxygen atoms in total. The van der Waals surface area contributed by atoms with Crippen molar-refractivity contribution in [1.29, 1.82) is 0 Å². The Morgan fingerprint density at radius 1 is 1.21 bits per heavy atom. The van der Waals surface area contributed by atoms with E-state index in [0.29, 0.717) is 59.7 Å². The zero-order chi connectivity index (χ0) is 22.9. The maximum atomic E-state index is 14.3. The van der Waals surface area contributed by atoms with Crippen molar-refractivity contribution in [3.63, 3.8) is 0 Å². The minimum absolute atomic E-state index is 0.133. The van der Waals surface area contributed by atoms with Crippen molar-refractivity contribution in [3.8, 4) is 11.5 Å². The first-order chi connectivity index (χ1) is 16.0. The van der Waals surface area contributed by atoms with E-state index in [4.69, 9.17) is 21.1 Å². The normalized spacial score (nSPS) is 16.1. The molecule has 2 aromatic carbocycles. The summed E-state index contributed by atoms with van der Waals surface area (Å²) in [5.41, 5.74) is 1.72. The van der Waals surface area contributed by atoms with Gasteiger partial charge in [-0.25, -0.2) is 9.37 Å². The predicted octanol–water partition coefficient (Wildman–Crippen LogP) is 5.19. The molecule has 174 valence electrons. The number of aromatic nitrogens is 2. The molecule has 0 atom stereocenters. The van der Waals surface area contributed by atoms with E-state index >= 15 is 0 Å². The molecule has 3 aromatic rings. The number of fused-ring (bicyclic) bond motifs is 3. The molecular weight excluding hydrogens is 447 g/mol. The number of aryl methyl sites for hydroxylation is 1. The van der Waals surface area contributed by atoms with Crippen LogP contribution in [0.15, 0.2) is 24.3 Å². The van der Waals surface area contributed by atoms with Crippen LogP contribution in [0.1, 0.15) is 42.5 Å². The Bertz CT molecular complexity index is 1190. The Balaban J connectivity index is 1.50. The molecule has 5 rings (SSSR count). The third kappa shape index (κ3) is 4.19. The Labute approximate surface area is 196 Å². The number of carbonyl (C=O) groups is 1. The highest BCUT2D eigenvalue weighted by Crippen LogP contribution is 2.42. The summed E-state index contributed by atoms with van der Waals surface area (Å²) in [6.45, 7) is 1.37. The van der Waals surface area contributed by atoms with Gasteiger partial charge in [0.1, 0.15) is 24.5 Å². The van der Waals surface area contributed by atoms with Gasteiger partial charge in [0, 0.05) is 13.6 Å².